The van der Waals surface area contributed by atoms with Crippen LogP contribution in [0.3, 0.4) is 0 Å². The van der Waals surface area contributed by atoms with Crippen LogP contribution in [0.15, 0.2) is 66.0 Å². The molecule has 1 aliphatic rings. The van der Waals surface area contributed by atoms with Crippen molar-refractivity contribution in [1.82, 2.24) is 19.7 Å². The average Bonchev–Trinajstić information content (AvgIpc) is 3.45. The summed E-state index contributed by atoms with van der Waals surface area (Å²) in [7, 11) is 0. The number of aromatic nitrogens is 4. The first-order chi connectivity index (χ1) is 15.7. The molecule has 6 nitrogen and oxygen atoms in total. The van der Waals surface area contributed by atoms with Crippen molar-refractivity contribution < 1.29 is 5.11 Å². The lowest BCUT2D eigenvalue weighted by Crippen LogP contribution is -2.08. The Morgan fingerprint density at radius 1 is 1.09 bits per heavy atom. The van der Waals surface area contributed by atoms with E-state index in [0.717, 1.165) is 27.4 Å². The number of phenolic OH excluding ortho intramolecular Hbond substituents is 1. The van der Waals surface area contributed by atoms with Crippen molar-refractivity contribution in [2.75, 3.05) is 5.32 Å². The second-order valence-corrected chi connectivity index (χ2v) is 9.79. The fraction of sp³-hybridized carbons (Fsp3) is 0.320. The molecule has 1 fully saturated rings. The second-order valence-electron chi connectivity index (χ2n) is 8.00. The van der Waals surface area contributed by atoms with Crippen molar-refractivity contribution in [3.8, 4) is 5.75 Å². The van der Waals surface area contributed by atoms with Crippen molar-refractivity contribution in [3.63, 3.8) is 0 Å². The van der Waals surface area contributed by atoms with Crippen LogP contribution in [0.25, 0.3) is 11.0 Å². The number of nitrogens with zero attached hydrogens (tertiary/aromatic N) is 4. The maximum atomic E-state index is 9.85. The molecule has 5 rings (SSSR count). The number of phenols is 1. The number of benzene rings is 2. The molecule has 0 aliphatic heterocycles. The fourth-order valence-corrected chi connectivity index (χ4v) is 5.44. The summed E-state index contributed by atoms with van der Waals surface area (Å²) in [5, 5.41) is 19.7. The van der Waals surface area contributed by atoms with Gasteiger partial charge in [-0.25, -0.2) is 14.6 Å². The van der Waals surface area contributed by atoms with Gasteiger partial charge >= 0.3 is 0 Å². The molecule has 0 saturated heterocycles. The third-order valence-electron chi connectivity index (χ3n) is 5.65. The Morgan fingerprint density at radius 3 is 2.64 bits per heavy atom. The molecule has 2 N–H and O–H groups in total. The number of nitrogens with one attached hydrogen (secondary N) is 1. The summed E-state index contributed by atoms with van der Waals surface area (Å²) in [6.07, 6.45) is 6.68. The van der Waals surface area contributed by atoms with Crippen LogP contribution in [-0.2, 0) is 6.54 Å². The number of rotatable bonds is 7. The second kappa shape index (κ2) is 10.4. The van der Waals surface area contributed by atoms with Crippen LogP contribution < -0.4 is 5.32 Å². The molecule has 0 radical (unpaired) electrons. The van der Waals surface area contributed by atoms with E-state index in [1.807, 2.05) is 41.1 Å². The van der Waals surface area contributed by atoms with Crippen molar-refractivity contribution in [2.45, 2.75) is 55.4 Å². The molecule has 8 heteroatoms. The van der Waals surface area contributed by atoms with E-state index in [4.69, 9.17) is 21.6 Å². The molecule has 0 amide bonds. The first-order valence-corrected chi connectivity index (χ1v) is 12.1. The Hall–Kier alpha value is -2.77. The highest BCUT2D eigenvalue weighted by Gasteiger charge is 2.21. The van der Waals surface area contributed by atoms with E-state index in [9.17, 15) is 5.11 Å². The van der Waals surface area contributed by atoms with Crippen LogP contribution in [-0.4, -0.2) is 30.1 Å². The predicted octanol–water partition coefficient (Wildman–Crippen LogP) is 6.93. The first-order valence-electron chi connectivity index (χ1n) is 10.8. The number of halogens is 1. The summed E-state index contributed by atoms with van der Waals surface area (Å²) in [4.78, 5) is 9.68. The molecule has 1 aliphatic carbocycles. The number of hydrogen-bond acceptors (Lipinski definition) is 6. The molecule has 1 unspecified atom stereocenters. The highest BCUT2D eigenvalue weighted by atomic mass is 35.5. The molecule has 2 aromatic carbocycles. The van der Waals surface area contributed by atoms with Crippen molar-refractivity contribution in [2.24, 2.45) is 0 Å². The van der Waals surface area contributed by atoms with Gasteiger partial charge in [0.1, 0.15) is 11.6 Å². The molecule has 0 spiro atoms. The molecule has 4 aromatic rings. The lowest BCUT2D eigenvalue weighted by Gasteiger charge is -2.13. The number of anilines is 2. The monoisotopic (exact) mass is 481 g/mol. The summed E-state index contributed by atoms with van der Waals surface area (Å²) in [5.41, 5.74) is 2.56. The Balaban J connectivity index is 0.00000259. The largest absolute Gasteiger partial charge is 0.508 e. The minimum absolute atomic E-state index is 0. The molecule has 2 heterocycles. The highest BCUT2D eigenvalue weighted by Crippen LogP contribution is 2.36. The highest BCUT2D eigenvalue weighted by molar-refractivity contribution is 7.99. The van der Waals surface area contributed by atoms with Gasteiger partial charge in [-0.2, -0.15) is 5.10 Å². The Morgan fingerprint density at radius 2 is 1.88 bits per heavy atom. The minimum atomic E-state index is -0.220. The smallest absolute Gasteiger partial charge is 0.191 e. The average molecular weight is 482 g/mol. The molecule has 0 bridgehead atoms. The number of aromatic hydroxyl groups is 1. The summed E-state index contributed by atoms with van der Waals surface area (Å²) < 4.78 is 1.86. The van der Waals surface area contributed by atoms with Crippen molar-refractivity contribution in [3.05, 3.63) is 66.4 Å². The molecular weight excluding hydrogens is 454 g/mol. The lowest BCUT2D eigenvalue weighted by atomic mass is 10.1. The van der Waals surface area contributed by atoms with E-state index >= 15 is 0 Å². The van der Waals surface area contributed by atoms with E-state index in [1.54, 1.807) is 36.2 Å². The van der Waals surface area contributed by atoms with E-state index in [0.29, 0.717) is 17.6 Å². The topological polar surface area (TPSA) is 75.9 Å². The van der Waals surface area contributed by atoms with E-state index in [-0.39, 0.29) is 18.6 Å². The molecule has 33 heavy (non-hydrogen) atoms. The summed E-state index contributed by atoms with van der Waals surface area (Å²) in [6, 6.07) is 17.0. The SMILES string of the molecule is C.Oc1cccc(Nc2nc(SC3CCCC3)nc3c2cnn3CC(Cl)c2ccccc2)c1. The summed E-state index contributed by atoms with van der Waals surface area (Å²) in [6.45, 7) is 0.505. The fourth-order valence-electron chi connectivity index (χ4n) is 4.01. The van der Waals surface area contributed by atoms with Gasteiger partial charge in [0.05, 0.1) is 23.5 Å². The van der Waals surface area contributed by atoms with E-state index < -0.39 is 0 Å². The van der Waals surface area contributed by atoms with Gasteiger partial charge in [-0.3, -0.25) is 0 Å². The van der Waals surface area contributed by atoms with Crippen LogP contribution in [0.4, 0.5) is 11.5 Å². The normalized spacial score (nSPS) is 14.8. The number of thioether (sulfide) groups is 1. The third kappa shape index (κ3) is 5.42. The van der Waals surface area contributed by atoms with Gasteiger partial charge in [0.15, 0.2) is 10.8 Å². The maximum absolute atomic E-state index is 9.85. The predicted molar refractivity (Wildman–Crippen MR) is 137 cm³/mol. The van der Waals surface area contributed by atoms with Crippen LogP contribution in [0, 0.1) is 0 Å². The van der Waals surface area contributed by atoms with E-state index in [2.05, 4.69) is 10.4 Å². The zero-order valence-corrected chi connectivity index (χ0v) is 19.1. The van der Waals surface area contributed by atoms with Crippen LogP contribution in [0.2, 0.25) is 0 Å². The van der Waals surface area contributed by atoms with Gasteiger partial charge in [-0.15, -0.1) is 11.6 Å². The standard InChI is InChI=1S/C24H24ClN5OS.CH4/c25-21(16-7-2-1-3-8-16)15-30-23-20(14-26-30)22(27-17-9-6-10-18(31)13-17)28-24(29-23)32-19-11-4-5-12-19;/h1-3,6-10,13-14,19,21,31H,4-5,11-12,15H2,(H,27,28,29);1H4. The van der Waals surface area contributed by atoms with Gasteiger partial charge in [0.2, 0.25) is 0 Å². The Bertz CT molecular complexity index is 1210. The van der Waals surface area contributed by atoms with Gasteiger partial charge in [-0.05, 0) is 30.5 Å². The van der Waals surface area contributed by atoms with Crippen LogP contribution >= 0.6 is 23.4 Å². The lowest BCUT2D eigenvalue weighted by molar-refractivity contribution is 0.475. The van der Waals surface area contributed by atoms with Crippen LogP contribution in [0.5, 0.6) is 5.75 Å². The number of fused-ring (bicyclic) bond motifs is 1. The van der Waals surface area contributed by atoms with Gasteiger partial charge in [-0.1, -0.05) is 68.4 Å². The zero-order valence-electron chi connectivity index (χ0n) is 17.5. The van der Waals surface area contributed by atoms with Gasteiger partial charge < -0.3 is 10.4 Å². The third-order valence-corrected chi connectivity index (χ3v) is 7.24. The molecule has 1 saturated carbocycles. The quantitative estimate of drug-likeness (QED) is 0.220. The Kier molecular flexibility index (Phi) is 7.40. The molecule has 172 valence electrons. The van der Waals surface area contributed by atoms with Crippen molar-refractivity contribution in [1.29, 1.82) is 0 Å². The summed E-state index contributed by atoms with van der Waals surface area (Å²) in [5.74, 6) is 0.877. The van der Waals surface area contributed by atoms with Gasteiger partial charge in [0, 0.05) is 17.0 Å². The number of hydrogen-bond donors (Lipinski definition) is 2. The van der Waals surface area contributed by atoms with E-state index in [1.165, 1.54) is 25.7 Å². The zero-order chi connectivity index (χ0) is 21.9. The first kappa shape index (κ1) is 23.4. The van der Waals surface area contributed by atoms with Crippen LogP contribution in [0.1, 0.15) is 44.1 Å². The maximum Gasteiger partial charge on any atom is 0.191 e. The summed E-state index contributed by atoms with van der Waals surface area (Å²) >= 11 is 8.45. The molecular formula is C25H28ClN5OS. The van der Waals surface area contributed by atoms with Crippen molar-refractivity contribution >= 4 is 45.9 Å². The molecule has 2 aromatic heterocycles. The number of alkyl halides is 1. The Labute approximate surface area is 203 Å². The minimum Gasteiger partial charge on any atom is -0.508 e. The van der Waals surface area contributed by atoms with Gasteiger partial charge in [0.25, 0.3) is 0 Å². The molecule has 1 atom stereocenters.